The van der Waals surface area contributed by atoms with Crippen LogP contribution in [0.15, 0.2) is 12.1 Å². The molecule has 1 fully saturated rings. The van der Waals surface area contributed by atoms with Crippen LogP contribution in [0.3, 0.4) is 0 Å². The van der Waals surface area contributed by atoms with Crippen molar-refractivity contribution in [3.05, 3.63) is 21.9 Å². The Hall–Kier alpha value is -1.07. The van der Waals surface area contributed by atoms with Crippen LogP contribution in [-0.2, 0) is 17.8 Å². The summed E-state index contributed by atoms with van der Waals surface area (Å²) in [7, 11) is 0. The number of carbonyl (C=O) groups is 1. The largest absolute Gasteiger partial charge is 0.449 e. The lowest BCUT2D eigenvalue weighted by Gasteiger charge is -2.21. The number of alkyl carbamates (subject to hydrolysis) is 1. The zero-order chi connectivity index (χ0) is 10.7. The molecule has 2 N–H and O–H groups in total. The van der Waals surface area contributed by atoms with Gasteiger partial charge in [-0.3, -0.25) is 0 Å². The quantitative estimate of drug-likeness (QED) is 0.814. The maximum absolute atomic E-state index is 10.7. The minimum absolute atomic E-state index is 0.0998. The number of aliphatic hydroxyl groups excluding tert-OH is 1. The molecule has 1 aliphatic rings. The molecular weight excluding hydrogens is 214 g/mol. The minimum Gasteiger partial charge on any atom is -0.449 e. The highest BCUT2D eigenvalue weighted by atomic mass is 32.1. The molecule has 4 nitrogen and oxygen atoms in total. The zero-order valence-electron chi connectivity index (χ0n) is 8.23. The van der Waals surface area contributed by atoms with Crippen molar-refractivity contribution in [1.82, 2.24) is 5.32 Å². The molecule has 1 aliphatic heterocycles. The molecule has 1 amide bonds. The Bertz CT molecular complexity index is 340. The van der Waals surface area contributed by atoms with E-state index in [9.17, 15) is 4.79 Å². The van der Waals surface area contributed by atoms with Crippen LogP contribution < -0.4 is 5.32 Å². The van der Waals surface area contributed by atoms with Crippen molar-refractivity contribution in [2.75, 3.05) is 13.2 Å². The summed E-state index contributed by atoms with van der Waals surface area (Å²) in [6, 6.07) is 3.95. The molecule has 1 aromatic heterocycles. The number of thiophene rings is 1. The molecule has 15 heavy (non-hydrogen) atoms. The van der Waals surface area contributed by atoms with Crippen LogP contribution in [0.5, 0.6) is 0 Å². The molecule has 0 bridgehead atoms. The lowest BCUT2D eigenvalue weighted by molar-refractivity contribution is 0.103. The van der Waals surface area contributed by atoms with Crippen molar-refractivity contribution < 1.29 is 14.6 Å². The number of hydrogen-bond acceptors (Lipinski definition) is 4. The molecule has 5 heteroatoms. The van der Waals surface area contributed by atoms with Gasteiger partial charge in [0.2, 0.25) is 0 Å². The average molecular weight is 227 g/mol. The molecule has 82 valence electrons. The van der Waals surface area contributed by atoms with E-state index in [-0.39, 0.29) is 12.7 Å². The van der Waals surface area contributed by atoms with Crippen molar-refractivity contribution in [2.45, 2.75) is 13.0 Å². The number of amides is 1. The summed E-state index contributed by atoms with van der Waals surface area (Å²) >= 11 is 1.61. The van der Waals surface area contributed by atoms with Crippen LogP contribution >= 0.6 is 11.3 Å². The first-order valence-electron chi connectivity index (χ1n) is 4.87. The summed E-state index contributed by atoms with van der Waals surface area (Å²) in [6.45, 7) is 1.26. The number of rotatable bonds is 3. The number of aliphatic hydroxyl groups is 1. The van der Waals surface area contributed by atoms with Gasteiger partial charge in [0, 0.05) is 22.2 Å². The Morgan fingerprint density at radius 3 is 2.93 bits per heavy atom. The monoisotopic (exact) mass is 227 g/mol. The fraction of sp³-hybridized carbons (Fsp3) is 0.500. The third-order valence-corrected chi connectivity index (χ3v) is 3.44. The van der Waals surface area contributed by atoms with E-state index in [0.29, 0.717) is 19.1 Å². The topological polar surface area (TPSA) is 58.6 Å². The Balaban J connectivity index is 1.88. The molecule has 0 spiro atoms. The fourth-order valence-electron chi connectivity index (χ4n) is 1.56. The molecule has 0 saturated carbocycles. The first-order valence-corrected chi connectivity index (χ1v) is 5.68. The Morgan fingerprint density at radius 2 is 2.33 bits per heavy atom. The van der Waals surface area contributed by atoms with Gasteiger partial charge in [-0.2, -0.15) is 0 Å². The normalized spacial score (nSPS) is 20.9. The van der Waals surface area contributed by atoms with Gasteiger partial charge in [-0.15, -0.1) is 11.3 Å². The Labute approximate surface area is 91.9 Å². The molecule has 0 radical (unpaired) electrons. The SMILES string of the molecule is O=C1NC[C@@H](Cc2ccc(CO)s2)CO1. The lowest BCUT2D eigenvalue weighted by Crippen LogP contribution is -2.39. The first-order chi connectivity index (χ1) is 7.28. The van der Waals surface area contributed by atoms with Crippen molar-refractivity contribution in [3.63, 3.8) is 0 Å². The number of nitrogens with one attached hydrogen (secondary N) is 1. The molecule has 1 saturated heterocycles. The Morgan fingerprint density at radius 1 is 1.53 bits per heavy atom. The fourth-order valence-corrected chi connectivity index (χ4v) is 2.56. The molecule has 2 rings (SSSR count). The summed E-state index contributed by atoms with van der Waals surface area (Å²) in [6.07, 6.45) is 0.568. The van der Waals surface area contributed by atoms with Gasteiger partial charge in [0.25, 0.3) is 0 Å². The standard InChI is InChI=1S/C10H13NO3S/c12-5-9-2-1-8(15-9)3-7-4-11-10(13)14-6-7/h1-2,7,12H,3-6H2,(H,11,13)/t7-/m1/s1. The second kappa shape index (κ2) is 4.63. The number of cyclic esters (lactones) is 1. The van der Waals surface area contributed by atoms with Gasteiger partial charge in [0.1, 0.15) is 0 Å². The summed E-state index contributed by atoms with van der Waals surface area (Å²) in [4.78, 5) is 13.0. The number of carbonyl (C=O) groups excluding carboxylic acids is 1. The molecular formula is C10H13NO3S. The van der Waals surface area contributed by atoms with Crippen LogP contribution in [-0.4, -0.2) is 24.4 Å². The lowest BCUT2D eigenvalue weighted by atomic mass is 10.1. The van der Waals surface area contributed by atoms with E-state index in [0.717, 1.165) is 11.3 Å². The van der Waals surface area contributed by atoms with Crippen LogP contribution in [0.1, 0.15) is 9.75 Å². The van der Waals surface area contributed by atoms with Gasteiger partial charge >= 0.3 is 6.09 Å². The van der Waals surface area contributed by atoms with Gasteiger partial charge < -0.3 is 15.2 Å². The summed E-state index contributed by atoms with van der Waals surface area (Å²) in [5.41, 5.74) is 0. The van der Waals surface area contributed by atoms with Gasteiger partial charge in [0.05, 0.1) is 13.2 Å². The molecule has 0 unspecified atom stereocenters. The summed E-state index contributed by atoms with van der Waals surface area (Å²) in [5.74, 6) is 0.341. The second-order valence-corrected chi connectivity index (χ2v) is 4.83. The highest BCUT2D eigenvalue weighted by Crippen LogP contribution is 2.20. The summed E-state index contributed by atoms with van der Waals surface area (Å²) < 4.78 is 4.90. The van der Waals surface area contributed by atoms with Gasteiger partial charge in [-0.1, -0.05) is 0 Å². The van der Waals surface area contributed by atoms with Crippen LogP contribution in [0.25, 0.3) is 0 Å². The van der Waals surface area contributed by atoms with Crippen molar-refractivity contribution in [3.8, 4) is 0 Å². The van der Waals surface area contributed by atoms with Crippen molar-refractivity contribution >= 4 is 17.4 Å². The predicted octanol–water partition coefficient (Wildman–Crippen LogP) is 1.14. The molecule has 2 heterocycles. The van der Waals surface area contributed by atoms with E-state index in [1.54, 1.807) is 11.3 Å². The maximum Gasteiger partial charge on any atom is 0.407 e. The van der Waals surface area contributed by atoms with E-state index in [2.05, 4.69) is 5.32 Å². The minimum atomic E-state index is -0.325. The Kier molecular flexibility index (Phi) is 3.23. The summed E-state index contributed by atoms with van der Waals surface area (Å²) in [5, 5.41) is 11.6. The van der Waals surface area contributed by atoms with Crippen LogP contribution in [0.4, 0.5) is 4.79 Å². The highest BCUT2D eigenvalue weighted by Gasteiger charge is 2.19. The van der Waals surface area contributed by atoms with E-state index >= 15 is 0 Å². The number of hydrogen-bond donors (Lipinski definition) is 2. The second-order valence-electron chi connectivity index (χ2n) is 3.58. The smallest absolute Gasteiger partial charge is 0.407 e. The first kappa shape index (κ1) is 10.4. The molecule has 1 aromatic rings. The van der Waals surface area contributed by atoms with E-state index in [1.807, 2.05) is 12.1 Å². The predicted molar refractivity (Wildman–Crippen MR) is 56.8 cm³/mol. The maximum atomic E-state index is 10.7. The zero-order valence-corrected chi connectivity index (χ0v) is 9.05. The third kappa shape index (κ3) is 2.70. The van der Waals surface area contributed by atoms with Crippen molar-refractivity contribution in [2.24, 2.45) is 5.92 Å². The van der Waals surface area contributed by atoms with Gasteiger partial charge in [0.15, 0.2) is 0 Å². The average Bonchev–Trinajstić information content (AvgIpc) is 2.69. The van der Waals surface area contributed by atoms with Gasteiger partial charge in [-0.25, -0.2) is 4.79 Å². The highest BCUT2D eigenvalue weighted by molar-refractivity contribution is 7.11. The van der Waals surface area contributed by atoms with Crippen LogP contribution in [0, 0.1) is 5.92 Å². The van der Waals surface area contributed by atoms with E-state index < -0.39 is 0 Å². The third-order valence-electron chi connectivity index (χ3n) is 2.35. The molecule has 0 aliphatic carbocycles. The van der Waals surface area contributed by atoms with E-state index in [1.165, 1.54) is 4.88 Å². The van der Waals surface area contributed by atoms with E-state index in [4.69, 9.17) is 9.84 Å². The molecule has 0 aromatic carbocycles. The number of ether oxygens (including phenoxy) is 1. The van der Waals surface area contributed by atoms with Crippen LogP contribution in [0.2, 0.25) is 0 Å². The van der Waals surface area contributed by atoms with Crippen molar-refractivity contribution in [1.29, 1.82) is 0 Å². The molecule has 1 atom stereocenters. The van der Waals surface area contributed by atoms with Gasteiger partial charge in [-0.05, 0) is 18.6 Å².